The number of furan rings is 1. The first kappa shape index (κ1) is 19.0. The van der Waals surface area contributed by atoms with Gasteiger partial charge in [0.1, 0.15) is 17.1 Å². The van der Waals surface area contributed by atoms with E-state index in [0.29, 0.717) is 17.1 Å². The molecule has 1 amide bonds. The smallest absolute Gasteiger partial charge is 0.428 e. The molecule has 0 saturated heterocycles. The fourth-order valence-electron chi connectivity index (χ4n) is 1.81. The Morgan fingerprint density at radius 2 is 2.00 bits per heavy atom. The summed E-state index contributed by atoms with van der Waals surface area (Å²) in [6.45, 7) is 5.28. The first-order chi connectivity index (χ1) is 12.3. The Bertz CT molecular complexity index is 802. The predicted octanol–water partition coefficient (Wildman–Crippen LogP) is 3.76. The lowest BCUT2D eigenvalue weighted by molar-refractivity contribution is -0.128. The van der Waals surface area contributed by atoms with Crippen LogP contribution in [-0.4, -0.2) is 23.9 Å². The maximum atomic E-state index is 11.8. The number of rotatable bonds is 5. The molecule has 2 rings (SSSR count). The van der Waals surface area contributed by atoms with Crippen LogP contribution in [0.5, 0.6) is 5.75 Å². The van der Waals surface area contributed by atoms with E-state index in [0.717, 1.165) is 0 Å². The lowest BCUT2D eigenvalue weighted by atomic mass is 10.2. The van der Waals surface area contributed by atoms with Crippen molar-refractivity contribution in [1.82, 2.24) is 5.43 Å². The van der Waals surface area contributed by atoms with E-state index in [2.05, 4.69) is 10.5 Å². The van der Waals surface area contributed by atoms with Crippen molar-refractivity contribution in [1.29, 1.82) is 0 Å². The first-order valence-electron chi connectivity index (χ1n) is 7.87. The van der Waals surface area contributed by atoms with Gasteiger partial charge in [-0.3, -0.25) is 0 Å². The fraction of sp³-hybridized carbons (Fsp3) is 0.211. The van der Waals surface area contributed by atoms with Crippen LogP contribution in [-0.2, 0) is 9.53 Å². The van der Waals surface area contributed by atoms with Gasteiger partial charge in [0.15, 0.2) is 0 Å². The number of benzene rings is 1. The van der Waals surface area contributed by atoms with Crippen molar-refractivity contribution in [3.05, 3.63) is 60.1 Å². The van der Waals surface area contributed by atoms with Crippen molar-refractivity contribution in [3.63, 3.8) is 0 Å². The van der Waals surface area contributed by atoms with E-state index in [1.54, 1.807) is 57.2 Å². The molecule has 26 heavy (non-hydrogen) atoms. The summed E-state index contributed by atoms with van der Waals surface area (Å²) in [7, 11) is 0. The Morgan fingerprint density at radius 1 is 1.19 bits per heavy atom. The zero-order valence-electron chi connectivity index (χ0n) is 14.8. The van der Waals surface area contributed by atoms with Crippen LogP contribution in [0.25, 0.3) is 6.08 Å². The first-order valence-corrected chi connectivity index (χ1v) is 7.87. The van der Waals surface area contributed by atoms with Gasteiger partial charge < -0.3 is 13.9 Å². The van der Waals surface area contributed by atoms with E-state index in [1.165, 1.54) is 24.6 Å². The van der Waals surface area contributed by atoms with E-state index in [9.17, 15) is 9.59 Å². The van der Waals surface area contributed by atoms with Gasteiger partial charge in [0.25, 0.3) is 0 Å². The molecule has 0 saturated carbocycles. The Morgan fingerprint density at radius 3 is 2.69 bits per heavy atom. The molecule has 136 valence electrons. The highest BCUT2D eigenvalue weighted by Crippen LogP contribution is 2.13. The second-order valence-corrected chi connectivity index (χ2v) is 6.21. The second kappa shape index (κ2) is 8.66. The largest absolute Gasteiger partial charge is 0.465 e. The van der Waals surface area contributed by atoms with Crippen LogP contribution in [0.3, 0.4) is 0 Å². The van der Waals surface area contributed by atoms with Gasteiger partial charge in [-0.05, 0) is 56.7 Å². The van der Waals surface area contributed by atoms with Gasteiger partial charge in [0.2, 0.25) is 0 Å². The highest BCUT2D eigenvalue weighted by atomic mass is 16.6. The van der Waals surface area contributed by atoms with Crippen molar-refractivity contribution in [2.24, 2.45) is 5.10 Å². The van der Waals surface area contributed by atoms with Gasteiger partial charge >= 0.3 is 12.1 Å². The Kier molecular flexibility index (Phi) is 6.32. The van der Waals surface area contributed by atoms with Crippen LogP contribution in [0.1, 0.15) is 32.1 Å². The van der Waals surface area contributed by atoms with Gasteiger partial charge in [-0.25, -0.2) is 15.0 Å². The van der Waals surface area contributed by atoms with E-state index >= 15 is 0 Å². The minimum absolute atomic E-state index is 0.348. The molecule has 0 spiro atoms. The molecule has 0 unspecified atom stereocenters. The zero-order valence-corrected chi connectivity index (χ0v) is 14.8. The van der Waals surface area contributed by atoms with E-state index in [-0.39, 0.29) is 0 Å². The molecule has 0 aliphatic heterocycles. The molecule has 0 bridgehead atoms. The van der Waals surface area contributed by atoms with Crippen LogP contribution in [0, 0.1) is 0 Å². The van der Waals surface area contributed by atoms with Crippen LogP contribution in [0.15, 0.2) is 58.3 Å². The number of carbonyl (C=O) groups is 2. The third-order valence-corrected chi connectivity index (χ3v) is 2.77. The Labute approximate surface area is 151 Å². The summed E-state index contributed by atoms with van der Waals surface area (Å²) in [6, 6.07) is 10.1. The molecule has 1 N–H and O–H groups in total. The molecular formula is C19H20N2O5. The summed E-state index contributed by atoms with van der Waals surface area (Å²) in [5.41, 5.74) is 2.30. The highest BCUT2D eigenvalue weighted by Gasteiger charge is 2.15. The number of ether oxygens (including phenoxy) is 2. The summed E-state index contributed by atoms with van der Waals surface area (Å²) in [5, 5.41) is 3.80. The maximum absolute atomic E-state index is 11.8. The lowest BCUT2D eigenvalue weighted by Gasteiger charge is -2.18. The molecule has 0 atom stereocenters. The molecule has 0 fully saturated rings. The van der Waals surface area contributed by atoms with E-state index < -0.39 is 17.7 Å². The van der Waals surface area contributed by atoms with Crippen LogP contribution in [0.4, 0.5) is 4.79 Å². The van der Waals surface area contributed by atoms with Crippen LogP contribution < -0.4 is 10.2 Å². The normalized spacial score (nSPS) is 11.7. The highest BCUT2D eigenvalue weighted by molar-refractivity contribution is 5.88. The number of nitrogens with one attached hydrogen (secondary N) is 1. The molecule has 7 nitrogen and oxygen atoms in total. The standard InChI is InChI=1S/C19H20N2O5/c1-19(2,3)26-18(23)21-20-13-14-6-4-7-16(12-14)25-17(22)10-9-15-8-5-11-24-15/h4-13H,1-3H3,(H,21,23). The minimum Gasteiger partial charge on any atom is -0.465 e. The number of nitrogens with zero attached hydrogens (tertiary/aromatic N) is 1. The Hall–Kier alpha value is -3.35. The summed E-state index contributed by atoms with van der Waals surface area (Å²) in [6.07, 6.45) is 5.06. The second-order valence-electron chi connectivity index (χ2n) is 6.21. The molecular weight excluding hydrogens is 336 g/mol. The fourth-order valence-corrected chi connectivity index (χ4v) is 1.81. The number of carbonyl (C=O) groups excluding carboxylic acids is 2. The lowest BCUT2D eigenvalue weighted by Crippen LogP contribution is -2.29. The molecule has 0 aliphatic carbocycles. The Balaban J connectivity index is 1.90. The topological polar surface area (TPSA) is 90.1 Å². The van der Waals surface area contributed by atoms with Gasteiger partial charge in [-0.15, -0.1) is 0 Å². The summed E-state index contributed by atoms with van der Waals surface area (Å²) in [4.78, 5) is 23.3. The average Bonchev–Trinajstić information content (AvgIpc) is 3.05. The summed E-state index contributed by atoms with van der Waals surface area (Å²) in [5.74, 6) is 0.360. The predicted molar refractivity (Wildman–Crippen MR) is 96.8 cm³/mol. The molecule has 7 heteroatoms. The maximum Gasteiger partial charge on any atom is 0.428 e. The number of hydrazone groups is 1. The van der Waals surface area contributed by atoms with Crippen LogP contribution in [0.2, 0.25) is 0 Å². The van der Waals surface area contributed by atoms with Crippen LogP contribution >= 0.6 is 0 Å². The average molecular weight is 356 g/mol. The van der Waals surface area contributed by atoms with Gasteiger partial charge in [-0.2, -0.15) is 5.10 Å². The van der Waals surface area contributed by atoms with E-state index in [1.807, 2.05) is 0 Å². The zero-order chi connectivity index (χ0) is 19.0. The third-order valence-electron chi connectivity index (χ3n) is 2.77. The van der Waals surface area contributed by atoms with E-state index in [4.69, 9.17) is 13.9 Å². The molecule has 0 radical (unpaired) electrons. The molecule has 1 heterocycles. The molecule has 2 aromatic rings. The number of amides is 1. The molecule has 1 aromatic carbocycles. The summed E-state index contributed by atoms with van der Waals surface area (Å²) < 4.78 is 15.4. The van der Waals surface area contributed by atoms with Crippen molar-refractivity contribution < 1.29 is 23.5 Å². The molecule has 0 aliphatic rings. The number of hydrogen-bond acceptors (Lipinski definition) is 6. The SMILES string of the molecule is CC(C)(C)OC(=O)NN=Cc1cccc(OC(=O)C=Cc2ccco2)c1. The quantitative estimate of drug-likeness (QED) is 0.290. The number of hydrogen-bond donors (Lipinski definition) is 1. The van der Waals surface area contributed by atoms with Crippen molar-refractivity contribution in [2.75, 3.05) is 0 Å². The van der Waals surface area contributed by atoms with Crippen molar-refractivity contribution in [3.8, 4) is 5.75 Å². The van der Waals surface area contributed by atoms with Crippen molar-refractivity contribution >= 4 is 24.4 Å². The number of esters is 1. The summed E-state index contributed by atoms with van der Waals surface area (Å²) >= 11 is 0. The minimum atomic E-state index is -0.653. The third kappa shape index (κ3) is 7.04. The monoisotopic (exact) mass is 356 g/mol. The van der Waals surface area contributed by atoms with Gasteiger partial charge in [0.05, 0.1) is 12.5 Å². The van der Waals surface area contributed by atoms with Crippen molar-refractivity contribution in [2.45, 2.75) is 26.4 Å². The van der Waals surface area contributed by atoms with Gasteiger partial charge in [-0.1, -0.05) is 12.1 Å². The van der Waals surface area contributed by atoms with Gasteiger partial charge in [0, 0.05) is 6.08 Å². The molecule has 1 aromatic heterocycles.